The molecule has 2 unspecified atom stereocenters. The molecule has 2 aliphatic rings. The fourth-order valence-corrected chi connectivity index (χ4v) is 3.85. The van der Waals surface area contributed by atoms with E-state index in [9.17, 15) is 0 Å². The van der Waals surface area contributed by atoms with Crippen LogP contribution in [-0.4, -0.2) is 4.98 Å². The summed E-state index contributed by atoms with van der Waals surface area (Å²) in [5.41, 5.74) is 6.69. The zero-order valence-electron chi connectivity index (χ0n) is 13.0. The summed E-state index contributed by atoms with van der Waals surface area (Å²) in [6.45, 7) is 4.59. The molecule has 0 N–H and O–H groups in total. The number of allylic oxidation sites excluding steroid dienone is 5. The minimum Gasteiger partial charge on any atom is -0.264 e. The average Bonchev–Trinajstić information content (AvgIpc) is 2.56. The van der Waals surface area contributed by atoms with Gasteiger partial charge in [-0.3, -0.25) is 4.98 Å². The Morgan fingerprint density at radius 2 is 1.86 bits per heavy atom. The highest BCUT2D eigenvalue weighted by molar-refractivity contribution is 5.80. The van der Waals surface area contributed by atoms with E-state index in [4.69, 9.17) is 0 Å². The van der Waals surface area contributed by atoms with Crippen molar-refractivity contribution in [2.24, 2.45) is 5.92 Å². The van der Waals surface area contributed by atoms with Gasteiger partial charge in [-0.1, -0.05) is 67.1 Å². The summed E-state index contributed by atoms with van der Waals surface area (Å²) in [6.07, 6.45) is 13.1. The monoisotopic (exact) mass is 285 g/mol. The zero-order valence-corrected chi connectivity index (χ0v) is 13.0. The van der Waals surface area contributed by atoms with Gasteiger partial charge < -0.3 is 0 Å². The Morgan fingerprint density at radius 3 is 2.68 bits per heavy atom. The molecule has 2 atom stereocenters. The first-order valence-corrected chi connectivity index (χ1v) is 7.78. The molecule has 0 radical (unpaired) electrons. The molecule has 1 aromatic heterocycles. The molecule has 0 bridgehead atoms. The highest BCUT2D eigenvalue weighted by Gasteiger charge is 2.39. The van der Waals surface area contributed by atoms with E-state index in [0.717, 1.165) is 0 Å². The van der Waals surface area contributed by atoms with Crippen LogP contribution in [0.3, 0.4) is 0 Å². The number of hydrogen-bond donors (Lipinski definition) is 0. The Bertz CT molecular complexity index is 811. The van der Waals surface area contributed by atoms with E-state index in [-0.39, 0.29) is 5.41 Å². The van der Waals surface area contributed by atoms with Crippen LogP contribution >= 0.6 is 0 Å². The lowest BCUT2D eigenvalue weighted by Gasteiger charge is -2.41. The molecule has 0 aliphatic heterocycles. The Hall–Kier alpha value is -2.41. The molecule has 22 heavy (non-hydrogen) atoms. The predicted molar refractivity (Wildman–Crippen MR) is 92.3 cm³/mol. The van der Waals surface area contributed by atoms with Crippen LogP contribution in [0.25, 0.3) is 11.6 Å². The molecule has 0 amide bonds. The Morgan fingerprint density at radius 1 is 1.05 bits per heavy atom. The number of fused-ring (bicyclic) bond motifs is 3. The molecule has 2 aliphatic carbocycles. The molecule has 0 fully saturated rings. The standard InChI is InChI=1S/C21H19N/c1-15-18(16-6-4-3-5-7-16)10-12-21(2)19(15)9-8-17-11-13-22-14-20(17)21/h3-14,19H,1-2H3. The second kappa shape index (κ2) is 4.81. The van der Waals surface area contributed by atoms with Gasteiger partial charge >= 0.3 is 0 Å². The molecule has 1 heterocycles. The predicted octanol–water partition coefficient (Wildman–Crippen LogP) is 5.03. The van der Waals surface area contributed by atoms with Crippen LogP contribution in [-0.2, 0) is 5.41 Å². The fraction of sp³-hybridized carbons (Fsp3) is 0.190. The Balaban J connectivity index is 1.87. The lowest BCUT2D eigenvalue weighted by Crippen LogP contribution is -2.34. The van der Waals surface area contributed by atoms with Crippen molar-refractivity contribution in [3.8, 4) is 0 Å². The molecule has 0 spiro atoms. The van der Waals surface area contributed by atoms with Crippen LogP contribution in [0.15, 0.2) is 72.6 Å². The topological polar surface area (TPSA) is 12.9 Å². The van der Waals surface area contributed by atoms with Crippen LogP contribution < -0.4 is 0 Å². The lowest BCUT2D eigenvalue weighted by molar-refractivity contribution is 0.472. The van der Waals surface area contributed by atoms with Crippen molar-refractivity contribution in [3.63, 3.8) is 0 Å². The zero-order chi connectivity index (χ0) is 15.2. The molecular weight excluding hydrogens is 266 g/mol. The Labute approximate surface area is 131 Å². The van der Waals surface area contributed by atoms with Crippen molar-refractivity contribution in [2.45, 2.75) is 19.3 Å². The van der Waals surface area contributed by atoms with Crippen LogP contribution in [0.1, 0.15) is 30.5 Å². The van der Waals surface area contributed by atoms with Gasteiger partial charge in [0.2, 0.25) is 0 Å². The third-order valence-corrected chi connectivity index (χ3v) is 5.12. The van der Waals surface area contributed by atoms with E-state index in [1.807, 2.05) is 12.4 Å². The molecule has 4 rings (SSSR count). The summed E-state index contributed by atoms with van der Waals surface area (Å²) in [5.74, 6) is 0.393. The summed E-state index contributed by atoms with van der Waals surface area (Å²) in [4.78, 5) is 4.35. The fourth-order valence-electron chi connectivity index (χ4n) is 3.85. The third-order valence-electron chi connectivity index (χ3n) is 5.12. The van der Waals surface area contributed by atoms with E-state index in [1.165, 1.54) is 27.8 Å². The summed E-state index contributed by atoms with van der Waals surface area (Å²) >= 11 is 0. The number of aromatic nitrogens is 1. The highest BCUT2D eigenvalue weighted by Crippen LogP contribution is 2.48. The van der Waals surface area contributed by atoms with Gasteiger partial charge in [0.05, 0.1) is 0 Å². The van der Waals surface area contributed by atoms with Crippen molar-refractivity contribution in [2.75, 3.05) is 0 Å². The quantitative estimate of drug-likeness (QED) is 0.716. The summed E-state index contributed by atoms with van der Waals surface area (Å²) in [6, 6.07) is 12.8. The van der Waals surface area contributed by atoms with E-state index < -0.39 is 0 Å². The number of hydrogen-bond acceptors (Lipinski definition) is 1. The van der Waals surface area contributed by atoms with Gasteiger partial charge in [0.1, 0.15) is 0 Å². The smallest absolute Gasteiger partial charge is 0.0314 e. The van der Waals surface area contributed by atoms with Gasteiger partial charge in [-0.15, -0.1) is 0 Å². The average molecular weight is 285 g/mol. The molecule has 2 aromatic rings. The second-order valence-electron chi connectivity index (χ2n) is 6.38. The molecule has 0 saturated carbocycles. The van der Waals surface area contributed by atoms with Crippen molar-refractivity contribution in [1.29, 1.82) is 0 Å². The van der Waals surface area contributed by atoms with Crippen molar-refractivity contribution < 1.29 is 0 Å². The highest BCUT2D eigenvalue weighted by atomic mass is 14.6. The van der Waals surface area contributed by atoms with Gasteiger partial charge in [0, 0.05) is 23.7 Å². The number of pyridine rings is 1. The minimum absolute atomic E-state index is 0.000701. The maximum atomic E-state index is 4.35. The van der Waals surface area contributed by atoms with E-state index in [1.54, 1.807) is 0 Å². The first-order valence-electron chi connectivity index (χ1n) is 7.78. The molecule has 1 heteroatoms. The van der Waals surface area contributed by atoms with Crippen molar-refractivity contribution in [1.82, 2.24) is 4.98 Å². The van der Waals surface area contributed by atoms with E-state index >= 15 is 0 Å². The van der Waals surface area contributed by atoms with Gasteiger partial charge in [-0.25, -0.2) is 0 Å². The second-order valence-corrected chi connectivity index (χ2v) is 6.38. The van der Waals surface area contributed by atoms with E-state index in [2.05, 4.69) is 79.5 Å². The first-order chi connectivity index (χ1) is 10.7. The third kappa shape index (κ3) is 1.82. The van der Waals surface area contributed by atoms with Crippen molar-refractivity contribution in [3.05, 3.63) is 89.3 Å². The molecule has 0 saturated heterocycles. The largest absolute Gasteiger partial charge is 0.264 e. The van der Waals surface area contributed by atoms with Crippen LogP contribution in [0.4, 0.5) is 0 Å². The SMILES string of the molecule is CC1=C(c2ccccc2)C=CC2(C)c3cnccc3C=CC12. The van der Waals surface area contributed by atoms with Crippen LogP contribution in [0.5, 0.6) is 0 Å². The number of rotatable bonds is 1. The number of nitrogens with zero attached hydrogens (tertiary/aromatic N) is 1. The molecule has 1 aromatic carbocycles. The normalized spacial score (nSPS) is 25.8. The molecule has 1 nitrogen and oxygen atoms in total. The summed E-state index contributed by atoms with van der Waals surface area (Å²) in [7, 11) is 0. The Kier molecular flexibility index (Phi) is 2.90. The van der Waals surface area contributed by atoms with Gasteiger partial charge in [0.15, 0.2) is 0 Å². The molecular formula is C21H19N. The lowest BCUT2D eigenvalue weighted by atomic mass is 9.62. The maximum absolute atomic E-state index is 4.35. The summed E-state index contributed by atoms with van der Waals surface area (Å²) in [5, 5.41) is 0. The van der Waals surface area contributed by atoms with Gasteiger partial charge in [-0.2, -0.15) is 0 Å². The van der Waals surface area contributed by atoms with Gasteiger partial charge in [0.25, 0.3) is 0 Å². The minimum atomic E-state index is 0.000701. The maximum Gasteiger partial charge on any atom is 0.0314 e. The first kappa shape index (κ1) is 13.3. The van der Waals surface area contributed by atoms with Crippen molar-refractivity contribution >= 4 is 11.6 Å². The van der Waals surface area contributed by atoms with E-state index in [0.29, 0.717) is 5.92 Å². The van der Waals surface area contributed by atoms with Crippen LogP contribution in [0, 0.1) is 5.92 Å². The summed E-state index contributed by atoms with van der Waals surface area (Å²) < 4.78 is 0. The number of benzene rings is 1. The van der Waals surface area contributed by atoms with Gasteiger partial charge in [-0.05, 0) is 35.3 Å². The van der Waals surface area contributed by atoms with Crippen LogP contribution in [0.2, 0.25) is 0 Å². The molecule has 108 valence electrons.